The molecule has 1 fully saturated rings. The van der Waals surface area contributed by atoms with Crippen LogP contribution in [0.5, 0.6) is 0 Å². The van der Waals surface area contributed by atoms with Gasteiger partial charge in [0.05, 0.1) is 21.9 Å². The molecule has 0 saturated carbocycles. The topological polar surface area (TPSA) is 97.3 Å². The van der Waals surface area contributed by atoms with Crippen molar-refractivity contribution in [3.05, 3.63) is 46.0 Å². The highest BCUT2D eigenvalue weighted by Gasteiger charge is 2.32. The van der Waals surface area contributed by atoms with Gasteiger partial charge in [0, 0.05) is 13.1 Å². The average molecular weight is 407 g/mol. The van der Waals surface area contributed by atoms with Crippen LogP contribution in [0.4, 0.5) is 35.9 Å². The quantitative estimate of drug-likeness (QED) is 0.486. The lowest BCUT2D eigenvalue weighted by atomic mass is 10.1. The Kier molecular flexibility index (Phi) is 4.73. The van der Waals surface area contributed by atoms with E-state index in [1.807, 2.05) is 4.90 Å². The van der Waals surface area contributed by atoms with Crippen molar-refractivity contribution in [1.82, 2.24) is 10.3 Å². The molecule has 2 aromatic carbocycles. The lowest BCUT2D eigenvalue weighted by molar-refractivity contribution is -0.382. The summed E-state index contributed by atoms with van der Waals surface area (Å²) in [6, 6.07) is 6.23. The molecule has 3 aromatic rings. The van der Waals surface area contributed by atoms with Crippen LogP contribution in [-0.2, 0) is 6.18 Å². The molecule has 0 amide bonds. The van der Waals surface area contributed by atoms with Gasteiger partial charge in [-0.15, -0.1) is 0 Å². The van der Waals surface area contributed by atoms with Gasteiger partial charge in [0.1, 0.15) is 11.2 Å². The highest BCUT2D eigenvalue weighted by atomic mass is 19.4. The first-order valence-electron chi connectivity index (χ1n) is 8.97. The molecule has 0 atom stereocenters. The molecule has 29 heavy (non-hydrogen) atoms. The number of halogens is 3. The minimum absolute atomic E-state index is 0.00999. The molecule has 8 nitrogen and oxygen atoms in total. The maximum Gasteiger partial charge on any atom is 0.416 e. The van der Waals surface area contributed by atoms with Gasteiger partial charge in [0.25, 0.3) is 0 Å². The number of fused-ring (bicyclic) bond motifs is 1. The van der Waals surface area contributed by atoms with Crippen LogP contribution in [0.25, 0.3) is 11.0 Å². The maximum absolute atomic E-state index is 13.3. The van der Waals surface area contributed by atoms with Crippen molar-refractivity contribution >= 4 is 33.8 Å². The molecule has 1 aromatic heterocycles. The Labute approximate surface area is 162 Å². The van der Waals surface area contributed by atoms with Gasteiger partial charge in [-0.05, 0) is 59.9 Å². The molecule has 1 N–H and O–H groups in total. The molecule has 1 aliphatic heterocycles. The SMILES string of the molecule is O=[N+]([O-])c1c(Nc2cc(C(F)(F)F)ccc2N2CCCCC2)ccc2nonc12. The van der Waals surface area contributed by atoms with Crippen molar-refractivity contribution in [1.29, 1.82) is 0 Å². The Balaban J connectivity index is 1.82. The van der Waals surface area contributed by atoms with Crippen LogP contribution >= 0.6 is 0 Å². The summed E-state index contributed by atoms with van der Waals surface area (Å²) in [7, 11) is 0. The first kappa shape index (κ1) is 19.0. The summed E-state index contributed by atoms with van der Waals surface area (Å²) in [6.07, 6.45) is -1.63. The molecular weight excluding hydrogens is 391 g/mol. The second kappa shape index (κ2) is 7.22. The number of benzene rings is 2. The third kappa shape index (κ3) is 3.67. The third-order valence-corrected chi connectivity index (χ3v) is 4.87. The van der Waals surface area contributed by atoms with Crippen LogP contribution in [0.2, 0.25) is 0 Å². The van der Waals surface area contributed by atoms with Crippen LogP contribution in [0.3, 0.4) is 0 Å². The second-order valence-electron chi connectivity index (χ2n) is 6.75. The van der Waals surface area contributed by atoms with E-state index in [2.05, 4.69) is 20.3 Å². The van der Waals surface area contributed by atoms with Crippen LogP contribution < -0.4 is 10.2 Å². The van der Waals surface area contributed by atoms with E-state index in [4.69, 9.17) is 0 Å². The monoisotopic (exact) mass is 407 g/mol. The van der Waals surface area contributed by atoms with E-state index in [9.17, 15) is 23.3 Å². The van der Waals surface area contributed by atoms with E-state index in [1.165, 1.54) is 18.2 Å². The molecule has 4 rings (SSSR count). The molecule has 11 heteroatoms. The number of nitrogens with zero attached hydrogens (tertiary/aromatic N) is 4. The Morgan fingerprint density at radius 2 is 1.83 bits per heavy atom. The van der Waals surface area contributed by atoms with Gasteiger partial charge in [-0.2, -0.15) is 13.2 Å². The fraction of sp³-hybridized carbons (Fsp3) is 0.333. The average Bonchev–Trinajstić information content (AvgIpc) is 3.16. The standard InChI is InChI=1S/C18H16F3N5O3/c19-18(20,21)11-4-7-15(25-8-2-1-3-9-25)14(10-11)22-13-6-5-12-16(24-29-23-12)17(13)26(27)28/h4-7,10,22H,1-3,8-9H2. The predicted molar refractivity (Wildman–Crippen MR) is 99.2 cm³/mol. The normalized spacial score (nSPS) is 14.9. The maximum atomic E-state index is 13.3. The van der Waals surface area contributed by atoms with E-state index in [0.717, 1.165) is 31.4 Å². The number of aromatic nitrogens is 2. The lowest BCUT2D eigenvalue weighted by Crippen LogP contribution is -2.30. The molecule has 2 heterocycles. The summed E-state index contributed by atoms with van der Waals surface area (Å²) in [5, 5.41) is 21.5. The number of rotatable bonds is 4. The number of nitro groups is 1. The number of hydrogen-bond donors (Lipinski definition) is 1. The smallest absolute Gasteiger partial charge is 0.370 e. The first-order chi connectivity index (χ1) is 13.8. The van der Waals surface area contributed by atoms with Gasteiger partial charge in [0.15, 0.2) is 0 Å². The van der Waals surface area contributed by atoms with Gasteiger partial charge < -0.3 is 10.2 Å². The van der Waals surface area contributed by atoms with E-state index in [-0.39, 0.29) is 22.4 Å². The zero-order valence-corrected chi connectivity index (χ0v) is 15.1. The summed E-state index contributed by atoms with van der Waals surface area (Å²) in [5.41, 5.74) is -0.436. The third-order valence-electron chi connectivity index (χ3n) is 4.87. The van der Waals surface area contributed by atoms with Crippen LogP contribution in [0.1, 0.15) is 24.8 Å². The molecule has 0 spiro atoms. The lowest BCUT2D eigenvalue weighted by Gasteiger charge is -2.31. The van der Waals surface area contributed by atoms with Crippen molar-refractivity contribution in [2.75, 3.05) is 23.3 Å². The molecule has 0 aliphatic carbocycles. The zero-order chi connectivity index (χ0) is 20.6. The number of alkyl halides is 3. The number of anilines is 3. The molecule has 0 unspecified atom stereocenters. The Bertz CT molecular complexity index is 1060. The van der Waals surface area contributed by atoms with Gasteiger partial charge >= 0.3 is 11.9 Å². The summed E-state index contributed by atoms with van der Waals surface area (Å²) < 4.78 is 44.4. The number of hydrogen-bond acceptors (Lipinski definition) is 7. The highest BCUT2D eigenvalue weighted by Crippen LogP contribution is 2.40. The highest BCUT2D eigenvalue weighted by molar-refractivity contribution is 5.93. The Morgan fingerprint density at radius 3 is 2.52 bits per heavy atom. The van der Waals surface area contributed by atoms with Gasteiger partial charge in [-0.1, -0.05) is 0 Å². The van der Waals surface area contributed by atoms with E-state index < -0.39 is 22.4 Å². The van der Waals surface area contributed by atoms with E-state index in [0.29, 0.717) is 18.8 Å². The van der Waals surface area contributed by atoms with Crippen molar-refractivity contribution < 1.29 is 22.7 Å². The Morgan fingerprint density at radius 1 is 1.07 bits per heavy atom. The summed E-state index contributed by atoms with van der Waals surface area (Å²) in [4.78, 5) is 12.9. The van der Waals surface area contributed by atoms with Crippen LogP contribution in [0.15, 0.2) is 35.0 Å². The minimum atomic E-state index is -4.54. The van der Waals surface area contributed by atoms with Gasteiger partial charge in [-0.25, -0.2) is 4.63 Å². The van der Waals surface area contributed by atoms with Crippen molar-refractivity contribution in [3.8, 4) is 0 Å². The zero-order valence-electron chi connectivity index (χ0n) is 15.1. The second-order valence-corrected chi connectivity index (χ2v) is 6.75. The van der Waals surface area contributed by atoms with E-state index >= 15 is 0 Å². The summed E-state index contributed by atoms with van der Waals surface area (Å²) >= 11 is 0. The largest absolute Gasteiger partial charge is 0.416 e. The molecule has 152 valence electrons. The van der Waals surface area contributed by atoms with Gasteiger partial charge in [0.2, 0.25) is 5.52 Å². The van der Waals surface area contributed by atoms with E-state index in [1.54, 1.807) is 0 Å². The summed E-state index contributed by atoms with van der Waals surface area (Å²) in [6.45, 7) is 1.41. The van der Waals surface area contributed by atoms with Gasteiger partial charge in [-0.3, -0.25) is 10.1 Å². The number of nitro benzene ring substituents is 1. The molecular formula is C18H16F3N5O3. The fourth-order valence-corrected chi connectivity index (χ4v) is 3.49. The fourth-order valence-electron chi connectivity index (χ4n) is 3.49. The van der Waals surface area contributed by atoms with Crippen molar-refractivity contribution in [3.63, 3.8) is 0 Å². The summed E-state index contributed by atoms with van der Waals surface area (Å²) in [5.74, 6) is 0. The molecule has 0 radical (unpaired) electrons. The predicted octanol–water partition coefficient (Wildman–Crippen LogP) is 4.88. The van der Waals surface area contributed by atoms with Crippen molar-refractivity contribution in [2.45, 2.75) is 25.4 Å². The Hall–Kier alpha value is -3.37. The van der Waals surface area contributed by atoms with Crippen molar-refractivity contribution in [2.24, 2.45) is 0 Å². The first-order valence-corrected chi connectivity index (χ1v) is 8.97. The minimum Gasteiger partial charge on any atom is -0.370 e. The number of piperidine rings is 1. The molecule has 1 aliphatic rings. The molecule has 0 bridgehead atoms. The number of nitrogens with one attached hydrogen (secondary N) is 1. The molecule has 1 saturated heterocycles. The van der Waals surface area contributed by atoms with Crippen LogP contribution in [0, 0.1) is 10.1 Å². The van der Waals surface area contributed by atoms with Crippen LogP contribution in [-0.4, -0.2) is 28.3 Å².